The first-order chi connectivity index (χ1) is 11.7. The molecule has 0 aliphatic rings. The fourth-order valence-corrected chi connectivity index (χ4v) is 3.26. The van der Waals surface area contributed by atoms with Gasteiger partial charge in [-0.3, -0.25) is 9.38 Å². The van der Waals surface area contributed by atoms with Crippen LogP contribution in [0.2, 0.25) is 5.02 Å². The minimum atomic E-state index is 0.629. The van der Waals surface area contributed by atoms with Crippen LogP contribution in [0.4, 0.5) is 10.8 Å². The summed E-state index contributed by atoms with van der Waals surface area (Å²) in [5.74, 6) is 0.706. The lowest BCUT2D eigenvalue weighted by molar-refractivity contribution is 0.417. The third-order valence-electron chi connectivity index (χ3n) is 3.49. The molecule has 0 saturated heterocycles. The van der Waals surface area contributed by atoms with Crippen LogP contribution in [-0.2, 0) is 0 Å². The molecule has 0 aliphatic carbocycles. The van der Waals surface area contributed by atoms with Crippen molar-refractivity contribution in [3.8, 4) is 17.1 Å². The van der Waals surface area contributed by atoms with E-state index in [4.69, 9.17) is 16.3 Å². The summed E-state index contributed by atoms with van der Waals surface area (Å²) < 4.78 is 7.29. The first-order valence-electron chi connectivity index (χ1n) is 7.08. The van der Waals surface area contributed by atoms with Gasteiger partial charge in [-0.1, -0.05) is 11.6 Å². The summed E-state index contributed by atoms with van der Waals surface area (Å²) in [4.78, 5) is 13.0. The van der Waals surface area contributed by atoms with Crippen molar-refractivity contribution in [2.75, 3.05) is 12.4 Å². The maximum Gasteiger partial charge on any atom is 0.187 e. The number of hydrogen-bond donors (Lipinski definition) is 1. The van der Waals surface area contributed by atoms with E-state index in [-0.39, 0.29) is 0 Å². The Labute approximate surface area is 146 Å². The third kappa shape index (κ3) is 2.68. The Hall–Kier alpha value is -2.64. The summed E-state index contributed by atoms with van der Waals surface area (Å²) >= 11 is 7.56. The van der Waals surface area contributed by atoms with E-state index in [1.165, 1.54) is 11.3 Å². The maximum absolute atomic E-state index is 6.06. The van der Waals surface area contributed by atoms with Crippen LogP contribution < -0.4 is 10.1 Å². The monoisotopic (exact) mass is 357 g/mol. The summed E-state index contributed by atoms with van der Waals surface area (Å²) in [7, 11) is 1.62. The molecule has 3 heterocycles. The number of ether oxygens (including phenoxy) is 1. The minimum Gasteiger partial charge on any atom is -0.495 e. The fourth-order valence-electron chi connectivity index (χ4n) is 2.37. The Morgan fingerprint density at radius 1 is 1.29 bits per heavy atom. The summed E-state index contributed by atoms with van der Waals surface area (Å²) in [6.45, 7) is 0. The van der Waals surface area contributed by atoms with Crippen LogP contribution in [0.3, 0.4) is 0 Å². The summed E-state index contributed by atoms with van der Waals surface area (Å²) in [5.41, 5.74) is 3.30. The molecule has 0 amide bonds. The van der Waals surface area contributed by atoms with Gasteiger partial charge in [-0.05, 0) is 18.2 Å². The van der Waals surface area contributed by atoms with Gasteiger partial charge in [0.15, 0.2) is 10.8 Å². The molecule has 1 aromatic carbocycles. The Kier molecular flexibility index (Phi) is 3.79. The first-order valence-corrected chi connectivity index (χ1v) is 8.34. The second-order valence-electron chi connectivity index (χ2n) is 4.96. The number of benzene rings is 1. The largest absolute Gasteiger partial charge is 0.495 e. The van der Waals surface area contributed by atoms with Gasteiger partial charge in [-0.2, -0.15) is 0 Å². The zero-order chi connectivity index (χ0) is 16.5. The summed E-state index contributed by atoms with van der Waals surface area (Å²) in [5, 5.41) is 6.60. The average Bonchev–Trinajstić information content (AvgIpc) is 3.21. The van der Waals surface area contributed by atoms with Crippen molar-refractivity contribution in [1.29, 1.82) is 0 Å². The molecule has 4 aromatic rings. The first kappa shape index (κ1) is 14.9. The number of rotatable bonds is 4. The molecule has 0 radical (unpaired) electrons. The van der Waals surface area contributed by atoms with E-state index in [9.17, 15) is 0 Å². The van der Waals surface area contributed by atoms with Gasteiger partial charge in [0, 0.05) is 22.8 Å². The van der Waals surface area contributed by atoms with E-state index < -0.39 is 0 Å². The van der Waals surface area contributed by atoms with Gasteiger partial charge in [0.05, 0.1) is 30.9 Å². The van der Waals surface area contributed by atoms with Crippen molar-refractivity contribution < 1.29 is 4.74 Å². The highest BCUT2D eigenvalue weighted by Crippen LogP contribution is 2.33. The molecule has 0 unspecified atom stereocenters. The topological polar surface area (TPSA) is 64.3 Å². The van der Waals surface area contributed by atoms with Crippen LogP contribution in [-0.4, -0.2) is 26.5 Å². The van der Waals surface area contributed by atoms with Crippen molar-refractivity contribution in [1.82, 2.24) is 19.4 Å². The van der Waals surface area contributed by atoms with E-state index >= 15 is 0 Å². The molecule has 6 nitrogen and oxygen atoms in total. The minimum absolute atomic E-state index is 0.629. The average molecular weight is 358 g/mol. The molecule has 0 spiro atoms. The second-order valence-corrected chi connectivity index (χ2v) is 6.25. The molecule has 1 N–H and O–H groups in total. The predicted octanol–water partition coefficient (Wildman–Crippen LogP) is 4.26. The van der Waals surface area contributed by atoms with Gasteiger partial charge in [-0.25, -0.2) is 9.97 Å². The molecule has 24 heavy (non-hydrogen) atoms. The number of aromatic nitrogens is 4. The van der Waals surface area contributed by atoms with Crippen LogP contribution in [0.5, 0.6) is 5.75 Å². The number of thiazole rings is 1. The summed E-state index contributed by atoms with van der Waals surface area (Å²) in [6, 6.07) is 5.41. The highest BCUT2D eigenvalue weighted by molar-refractivity contribution is 7.14. The molecular weight excluding hydrogens is 346 g/mol. The van der Waals surface area contributed by atoms with E-state index in [1.54, 1.807) is 37.8 Å². The van der Waals surface area contributed by atoms with E-state index in [1.807, 2.05) is 22.0 Å². The zero-order valence-electron chi connectivity index (χ0n) is 12.6. The van der Waals surface area contributed by atoms with Gasteiger partial charge in [0.2, 0.25) is 0 Å². The van der Waals surface area contributed by atoms with Gasteiger partial charge in [0.1, 0.15) is 11.4 Å². The Bertz CT molecular complexity index is 1010. The van der Waals surface area contributed by atoms with Gasteiger partial charge >= 0.3 is 0 Å². The van der Waals surface area contributed by atoms with Crippen molar-refractivity contribution >= 4 is 39.4 Å². The molecule has 0 saturated carbocycles. The highest BCUT2D eigenvalue weighted by atomic mass is 35.5. The van der Waals surface area contributed by atoms with Crippen molar-refractivity contribution in [3.05, 3.63) is 53.4 Å². The van der Waals surface area contributed by atoms with Crippen molar-refractivity contribution in [2.24, 2.45) is 0 Å². The van der Waals surface area contributed by atoms with Gasteiger partial charge in [0.25, 0.3) is 0 Å². The lowest BCUT2D eigenvalue weighted by Gasteiger charge is -2.09. The Morgan fingerprint density at radius 2 is 2.21 bits per heavy atom. The number of nitrogens with zero attached hydrogens (tertiary/aromatic N) is 4. The standard InChI is InChI=1S/C16H12ClN5OS/c1-23-14-3-2-10(17)6-11(14)20-16-21-12(9-24-16)13-7-19-15-8-18-4-5-22(13)15/h2-9H,1H3,(H,20,21). The SMILES string of the molecule is COc1ccc(Cl)cc1Nc1nc(-c2cnc3cnccn23)cs1. The highest BCUT2D eigenvalue weighted by Gasteiger charge is 2.11. The summed E-state index contributed by atoms with van der Waals surface area (Å²) in [6.07, 6.45) is 7.09. The quantitative estimate of drug-likeness (QED) is 0.591. The normalized spacial score (nSPS) is 10.9. The number of halogens is 1. The number of anilines is 2. The predicted molar refractivity (Wildman–Crippen MR) is 95.4 cm³/mol. The van der Waals surface area contributed by atoms with Gasteiger partial charge < -0.3 is 10.1 Å². The lowest BCUT2D eigenvalue weighted by Crippen LogP contribution is -1.94. The molecule has 0 aliphatic heterocycles. The Morgan fingerprint density at radius 3 is 3.08 bits per heavy atom. The van der Waals surface area contributed by atoms with Crippen LogP contribution in [0.25, 0.3) is 17.0 Å². The van der Waals surface area contributed by atoms with Crippen molar-refractivity contribution in [3.63, 3.8) is 0 Å². The van der Waals surface area contributed by atoms with Crippen LogP contribution in [0, 0.1) is 0 Å². The van der Waals surface area contributed by atoms with Crippen molar-refractivity contribution in [2.45, 2.75) is 0 Å². The zero-order valence-corrected chi connectivity index (χ0v) is 14.2. The van der Waals surface area contributed by atoms with Crippen LogP contribution in [0.15, 0.2) is 48.4 Å². The molecule has 0 atom stereocenters. The molecule has 0 bridgehead atoms. The third-order valence-corrected chi connectivity index (χ3v) is 4.48. The molecule has 3 aromatic heterocycles. The smallest absolute Gasteiger partial charge is 0.187 e. The number of methoxy groups -OCH3 is 1. The number of fused-ring (bicyclic) bond motifs is 1. The van der Waals surface area contributed by atoms with E-state index in [0.717, 1.165) is 27.9 Å². The number of nitrogens with one attached hydrogen (secondary N) is 1. The molecule has 4 rings (SSSR count). The van der Waals surface area contributed by atoms with Gasteiger partial charge in [-0.15, -0.1) is 11.3 Å². The lowest BCUT2D eigenvalue weighted by atomic mass is 10.3. The molecule has 120 valence electrons. The number of imidazole rings is 1. The Balaban J connectivity index is 1.67. The van der Waals surface area contributed by atoms with E-state index in [2.05, 4.69) is 20.3 Å². The second kappa shape index (κ2) is 6.10. The molecule has 8 heteroatoms. The molecular formula is C16H12ClN5OS. The fraction of sp³-hybridized carbons (Fsp3) is 0.0625. The van der Waals surface area contributed by atoms with Crippen LogP contribution in [0.1, 0.15) is 0 Å². The maximum atomic E-state index is 6.06. The van der Waals surface area contributed by atoms with Crippen LogP contribution >= 0.6 is 22.9 Å². The number of hydrogen-bond acceptors (Lipinski definition) is 6. The van der Waals surface area contributed by atoms with E-state index in [0.29, 0.717) is 10.8 Å². The molecule has 0 fully saturated rings.